The highest BCUT2D eigenvalue weighted by molar-refractivity contribution is 5.72. The zero-order valence-electron chi connectivity index (χ0n) is 12.8. The first-order valence-corrected chi connectivity index (χ1v) is 7.00. The molecular weight excluding hydrogens is 266 g/mol. The first kappa shape index (κ1) is 13.5. The summed E-state index contributed by atoms with van der Waals surface area (Å²) >= 11 is 0. The summed E-state index contributed by atoms with van der Waals surface area (Å²) in [5.74, 6) is 1.03. The van der Waals surface area contributed by atoms with Crippen LogP contribution in [0.5, 0.6) is 0 Å². The number of imidazole rings is 1. The number of anilines is 1. The molecule has 0 unspecified atom stereocenters. The van der Waals surface area contributed by atoms with Gasteiger partial charge in [-0.2, -0.15) is 9.61 Å². The van der Waals surface area contributed by atoms with E-state index in [1.165, 1.54) is 0 Å². The third kappa shape index (κ3) is 2.24. The van der Waals surface area contributed by atoms with Crippen LogP contribution < -0.4 is 4.90 Å². The molecular formula is C14H19N7. The predicted molar refractivity (Wildman–Crippen MR) is 80.3 cm³/mol. The van der Waals surface area contributed by atoms with Gasteiger partial charge in [0.1, 0.15) is 12.2 Å². The third-order valence-electron chi connectivity index (χ3n) is 3.80. The Bertz CT molecular complexity index is 771. The van der Waals surface area contributed by atoms with Gasteiger partial charge in [-0.3, -0.25) is 0 Å². The summed E-state index contributed by atoms with van der Waals surface area (Å²) in [5, 5.41) is 12.6. The van der Waals surface area contributed by atoms with Gasteiger partial charge in [-0.05, 0) is 26.3 Å². The minimum absolute atomic E-state index is 0.716. The average molecular weight is 285 g/mol. The average Bonchev–Trinajstić information content (AvgIpc) is 3.08. The molecule has 0 fully saturated rings. The lowest BCUT2D eigenvalue weighted by Gasteiger charge is -2.22. The lowest BCUT2D eigenvalue weighted by atomic mass is 10.2. The third-order valence-corrected chi connectivity index (χ3v) is 3.80. The van der Waals surface area contributed by atoms with Crippen LogP contribution in [0.2, 0.25) is 0 Å². The van der Waals surface area contributed by atoms with Crippen molar-refractivity contribution in [2.45, 2.75) is 33.9 Å². The lowest BCUT2D eigenvalue weighted by molar-refractivity contribution is 0.684. The Morgan fingerprint density at radius 1 is 1.29 bits per heavy atom. The van der Waals surface area contributed by atoms with E-state index in [1.807, 2.05) is 26.4 Å². The van der Waals surface area contributed by atoms with Crippen LogP contribution in [-0.2, 0) is 13.1 Å². The molecule has 7 nitrogen and oxygen atoms in total. The molecule has 0 N–H and O–H groups in total. The molecule has 0 spiro atoms. The molecule has 0 aliphatic rings. The summed E-state index contributed by atoms with van der Waals surface area (Å²) in [4.78, 5) is 6.59. The first-order chi connectivity index (χ1) is 10.1. The van der Waals surface area contributed by atoms with Gasteiger partial charge in [-0.25, -0.2) is 4.98 Å². The molecule has 0 aliphatic carbocycles. The topological polar surface area (TPSA) is 64.1 Å². The zero-order chi connectivity index (χ0) is 15.0. The highest BCUT2D eigenvalue weighted by Gasteiger charge is 2.17. The van der Waals surface area contributed by atoms with Crippen LogP contribution in [0, 0.1) is 13.8 Å². The van der Waals surface area contributed by atoms with E-state index in [0.29, 0.717) is 6.54 Å². The quantitative estimate of drug-likeness (QED) is 0.728. The Morgan fingerprint density at radius 2 is 2.10 bits per heavy atom. The minimum Gasteiger partial charge on any atom is -0.364 e. The highest BCUT2D eigenvalue weighted by Crippen LogP contribution is 2.26. The second-order valence-corrected chi connectivity index (χ2v) is 5.14. The molecule has 110 valence electrons. The van der Waals surface area contributed by atoms with Crippen LogP contribution in [-0.4, -0.2) is 36.4 Å². The molecule has 0 atom stereocenters. The Hall–Kier alpha value is -2.44. The van der Waals surface area contributed by atoms with Crippen LogP contribution in [0.4, 0.5) is 5.69 Å². The van der Waals surface area contributed by atoms with E-state index in [-0.39, 0.29) is 0 Å². The van der Waals surface area contributed by atoms with Crippen LogP contribution in [0.15, 0.2) is 18.7 Å². The Balaban J connectivity index is 2.03. The Morgan fingerprint density at radius 3 is 2.86 bits per heavy atom. The van der Waals surface area contributed by atoms with E-state index in [2.05, 4.69) is 43.6 Å². The van der Waals surface area contributed by atoms with Crippen molar-refractivity contribution in [2.24, 2.45) is 0 Å². The van der Waals surface area contributed by atoms with Gasteiger partial charge >= 0.3 is 0 Å². The second-order valence-electron chi connectivity index (χ2n) is 5.14. The molecule has 3 aromatic rings. The molecule has 3 heterocycles. The van der Waals surface area contributed by atoms with Crippen LogP contribution >= 0.6 is 0 Å². The molecule has 0 bridgehead atoms. The number of rotatable bonds is 4. The maximum absolute atomic E-state index is 4.45. The van der Waals surface area contributed by atoms with Crippen molar-refractivity contribution in [3.05, 3.63) is 35.8 Å². The van der Waals surface area contributed by atoms with Crippen LogP contribution in [0.25, 0.3) is 5.65 Å². The van der Waals surface area contributed by atoms with Gasteiger partial charge in [0.25, 0.3) is 0 Å². The largest absolute Gasteiger partial charge is 0.364 e. The van der Waals surface area contributed by atoms with Crippen molar-refractivity contribution in [2.75, 3.05) is 11.9 Å². The van der Waals surface area contributed by atoms with E-state index in [1.54, 1.807) is 10.8 Å². The van der Waals surface area contributed by atoms with Crippen molar-refractivity contribution in [1.82, 2.24) is 29.4 Å². The summed E-state index contributed by atoms with van der Waals surface area (Å²) in [6, 6.07) is 0. The number of fused-ring (bicyclic) bond motifs is 1. The maximum Gasteiger partial charge on any atom is 0.201 e. The van der Waals surface area contributed by atoms with Crippen molar-refractivity contribution in [3.63, 3.8) is 0 Å². The predicted octanol–water partition coefficient (Wildman–Crippen LogP) is 1.59. The normalized spacial score (nSPS) is 11.2. The molecule has 7 heteroatoms. The summed E-state index contributed by atoms with van der Waals surface area (Å²) in [5.41, 5.74) is 3.91. The molecule has 0 radical (unpaired) electrons. The van der Waals surface area contributed by atoms with E-state index in [9.17, 15) is 0 Å². The highest BCUT2D eigenvalue weighted by atomic mass is 15.4. The molecule has 21 heavy (non-hydrogen) atoms. The summed E-state index contributed by atoms with van der Waals surface area (Å²) in [7, 11) is 2.05. The van der Waals surface area contributed by atoms with E-state index in [0.717, 1.165) is 35.0 Å². The summed E-state index contributed by atoms with van der Waals surface area (Å²) < 4.78 is 3.86. The Kier molecular flexibility index (Phi) is 3.32. The van der Waals surface area contributed by atoms with E-state index < -0.39 is 0 Å². The van der Waals surface area contributed by atoms with Gasteiger partial charge < -0.3 is 9.47 Å². The van der Waals surface area contributed by atoms with Crippen molar-refractivity contribution < 1.29 is 0 Å². The van der Waals surface area contributed by atoms with Crippen molar-refractivity contribution in [1.29, 1.82) is 0 Å². The SMILES string of the molecule is CCn1ccnc1CN(C)c1c(C)c(C)nn2cnnc12. The van der Waals surface area contributed by atoms with E-state index >= 15 is 0 Å². The first-order valence-electron chi connectivity index (χ1n) is 7.00. The summed E-state index contributed by atoms with van der Waals surface area (Å²) in [6.07, 6.45) is 5.47. The fraction of sp³-hybridized carbons (Fsp3) is 0.429. The molecule has 0 amide bonds. The molecule has 3 rings (SSSR count). The van der Waals surface area contributed by atoms with Crippen molar-refractivity contribution in [3.8, 4) is 0 Å². The fourth-order valence-corrected chi connectivity index (χ4v) is 2.56. The van der Waals surface area contributed by atoms with Crippen LogP contribution in [0.1, 0.15) is 24.0 Å². The van der Waals surface area contributed by atoms with Gasteiger partial charge in [0.05, 0.1) is 17.9 Å². The number of aryl methyl sites for hydroxylation is 2. The van der Waals surface area contributed by atoms with Crippen molar-refractivity contribution >= 4 is 11.3 Å². The maximum atomic E-state index is 4.45. The van der Waals surface area contributed by atoms with E-state index in [4.69, 9.17) is 0 Å². The van der Waals surface area contributed by atoms with Gasteiger partial charge in [0.2, 0.25) is 5.65 Å². The molecule has 0 aliphatic heterocycles. The van der Waals surface area contributed by atoms with Crippen LogP contribution in [0.3, 0.4) is 0 Å². The molecule has 0 aromatic carbocycles. The number of nitrogens with zero attached hydrogens (tertiary/aromatic N) is 7. The lowest BCUT2D eigenvalue weighted by Crippen LogP contribution is -2.22. The van der Waals surface area contributed by atoms with Gasteiger partial charge in [0.15, 0.2) is 0 Å². The summed E-state index contributed by atoms with van der Waals surface area (Å²) in [6.45, 7) is 7.81. The Labute approximate surface area is 123 Å². The number of aromatic nitrogens is 6. The second kappa shape index (κ2) is 5.16. The standard InChI is InChI=1S/C14H19N7/c1-5-20-7-6-15-12(20)8-19(4)13-10(2)11(3)18-21-9-16-17-14(13)21/h6-7,9H,5,8H2,1-4H3. The molecule has 0 saturated heterocycles. The van der Waals surface area contributed by atoms with Gasteiger partial charge in [-0.15, -0.1) is 10.2 Å². The molecule has 0 saturated carbocycles. The van der Waals surface area contributed by atoms with Gasteiger partial charge in [0, 0.05) is 26.0 Å². The smallest absolute Gasteiger partial charge is 0.201 e. The monoisotopic (exact) mass is 285 g/mol. The molecule has 3 aromatic heterocycles. The van der Waals surface area contributed by atoms with Gasteiger partial charge in [-0.1, -0.05) is 0 Å². The fourth-order valence-electron chi connectivity index (χ4n) is 2.56. The number of hydrogen-bond acceptors (Lipinski definition) is 5. The minimum atomic E-state index is 0.716. The zero-order valence-corrected chi connectivity index (χ0v) is 12.8. The number of hydrogen-bond donors (Lipinski definition) is 0.